The maximum Gasteiger partial charge on any atom is 0.191 e. The summed E-state index contributed by atoms with van der Waals surface area (Å²) in [7, 11) is 4.04. The van der Waals surface area contributed by atoms with E-state index >= 15 is 0 Å². The smallest absolute Gasteiger partial charge is 0.191 e. The lowest BCUT2D eigenvalue weighted by molar-refractivity contribution is 0.306. The fraction of sp³-hybridized carbons (Fsp3) is 0.588. The second kappa shape index (κ2) is 7.58. The van der Waals surface area contributed by atoms with Crippen molar-refractivity contribution in [3.8, 4) is 0 Å². The number of nitrogens with one attached hydrogen (secondary N) is 2. The van der Waals surface area contributed by atoms with E-state index in [9.17, 15) is 4.39 Å². The molecule has 1 saturated carbocycles. The van der Waals surface area contributed by atoms with Gasteiger partial charge in [0, 0.05) is 12.6 Å². The Labute approximate surface area is 132 Å². The number of aliphatic imine (C=N–C) groups is 1. The third kappa shape index (κ3) is 4.70. The van der Waals surface area contributed by atoms with Gasteiger partial charge in [0.05, 0.1) is 12.6 Å². The van der Waals surface area contributed by atoms with E-state index in [-0.39, 0.29) is 11.9 Å². The molecule has 4 nitrogen and oxygen atoms in total. The van der Waals surface area contributed by atoms with E-state index in [1.165, 1.54) is 18.6 Å². The summed E-state index contributed by atoms with van der Waals surface area (Å²) in [5, 5.41) is 6.75. The molecule has 0 heterocycles. The average molecular weight is 306 g/mol. The molecule has 0 aromatic heterocycles. The van der Waals surface area contributed by atoms with Crippen molar-refractivity contribution in [1.82, 2.24) is 15.5 Å². The molecule has 0 spiro atoms. The van der Waals surface area contributed by atoms with Gasteiger partial charge in [-0.3, -0.25) is 4.99 Å². The zero-order chi connectivity index (χ0) is 16.1. The molecular formula is C17H27FN4. The Morgan fingerprint density at radius 3 is 2.50 bits per heavy atom. The Kier molecular flexibility index (Phi) is 5.77. The van der Waals surface area contributed by atoms with Gasteiger partial charge >= 0.3 is 0 Å². The van der Waals surface area contributed by atoms with Gasteiger partial charge in [-0.25, -0.2) is 4.39 Å². The van der Waals surface area contributed by atoms with E-state index in [2.05, 4.69) is 29.4 Å². The molecule has 0 aliphatic heterocycles. The first kappa shape index (κ1) is 16.7. The van der Waals surface area contributed by atoms with Crippen LogP contribution >= 0.6 is 0 Å². The molecule has 0 bridgehead atoms. The maximum absolute atomic E-state index is 13.1. The number of halogens is 1. The summed E-state index contributed by atoms with van der Waals surface area (Å²) >= 11 is 0. The second-order valence-corrected chi connectivity index (χ2v) is 6.21. The van der Waals surface area contributed by atoms with Gasteiger partial charge in [0.15, 0.2) is 5.96 Å². The van der Waals surface area contributed by atoms with Gasteiger partial charge in [-0.05, 0) is 51.1 Å². The third-order valence-corrected chi connectivity index (χ3v) is 4.08. The minimum absolute atomic E-state index is 0.132. The van der Waals surface area contributed by atoms with Crippen LogP contribution in [0.1, 0.15) is 31.9 Å². The summed E-state index contributed by atoms with van der Waals surface area (Å²) in [6, 6.07) is 7.35. The zero-order valence-corrected chi connectivity index (χ0v) is 13.9. The number of hydrogen-bond donors (Lipinski definition) is 2. The first-order valence-corrected chi connectivity index (χ1v) is 7.98. The molecule has 0 saturated heterocycles. The lowest BCUT2D eigenvalue weighted by Crippen LogP contribution is -2.39. The van der Waals surface area contributed by atoms with E-state index in [0.717, 1.165) is 24.0 Å². The van der Waals surface area contributed by atoms with Crippen molar-refractivity contribution in [2.75, 3.05) is 27.2 Å². The molecule has 1 aliphatic rings. The molecule has 0 radical (unpaired) electrons. The molecular weight excluding hydrogens is 279 g/mol. The summed E-state index contributed by atoms with van der Waals surface area (Å²) in [4.78, 5) is 6.82. The van der Waals surface area contributed by atoms with Crippen LogP contribution in [0, 0.1) is 11.7 Å². The highest BCUT2D eigenvalue weighted by molar-refractivity contribution is 5.80. The van der Waals surface area contributed by atoms with Crippen LogP contribution in [0.15, 0.2) is 29.3 Å². The SMILES string of the molecule is CCNC(=NCC(c1ccc(F)cc1)N(C)C)NC1CC1C. The van der Waals surface area contributed by atoms with Gasteiger partial charge in [-0.1, -0.05) is 19.1 Å². The molecule has 3 atom stereocenters. The van der Waals surface area contributed by atoms with Crippen LogP contribution in [0.4, 0.5) is 4.39 Å². The van der Waals surface area contributed by atoms with E-state index in [4.69, 9.17) is 4.99 Å². The second-order valence-electron chi connectivity index (χ2n) is 6.21. The van der Waals surface area contributed by atoms with Crippen molar-refractivity contribution in [2.24, 2.45) is 10.9 Å². The summed E-state index contributed by atoms with van der Waals surface area (Å²) in [6.45, 7) is 5.78. The van der Waals surface area contributed by atoms with Crippen LogP contribution in [0.3, 0.4) is 0 Å². The quantitative estimate of drug-likeness (QED) is 0.626. The molecule has 2 N–H and O–H groups in total. The normalized spacial score (nSPS) is 22.5. The van der Waals surface area contributed by atoms with Gasteiger partial charge in [0.2, 0.25) is 0 Å². The first-order chi connectivity index (χ1) is 10.5. The zero-order valence-electron chi connectivity index (χ0n) is 13.9. The molecule has 22 heavy (non-hydrogen) atoms. The van der Waals surface area contributed by atoms with Crippen LogP contribution in [0.5, 0.6) is 0 Å². The summed E-state index contributed by atoms with van der Waals surface area (Å²) in [6.07, 6.45) is 1.21. The van der Waals surface area contributed by atoms with Crippen molar-refractivity contribution in [1.29, 1.82) is 0 Å². The molecule has 1 aliphatic carbocycles. The highest BCUT2D eigenvalue weighted by Gasteiger charge is 2.33. The van der Waals surface area contributed by atoms with Crippen LogP contribution in [0.2, 0.25) is 0 Å². The highest BCUT2D eigenvalue weighted by atomic mass is 19.1. The Bertz CT molecular complexity index is 498. The number of benzene rings is 1. The highest BCUT2D eigenvalue weighted by Crippen LogP contribution is 2.28. The van der Waals surface area contributed by atoms with Crippen LogP contribution in [-0.4, -0.2) is 44.1 Å². The number of likely N-dealkylation sites (N-methyl/N-ethyl adjacent to an activating group) is 1. The largest absolute Gasteiger partial charge is 0.357 e. The predicted octanol–water partition coefficient (Wildman–Crippen LogP) is 2.39. The van der Waals surface area contributed by atoms with Crippen LogP contribution in [0.25, 0.3) is 0 Å². The van der Waals surface area contributed by atoms with Crippen molar-refractivity contribution in [3.05, 3.63) is 35.6 Å². The fourth-order valence-corrected chi connectivity index (χ4v) is 2.45. The molecule has 122 valence electrons. The number of nitrogens with zero attached hydrogens (tertiary/aromatic N) is 2. The maximum atomic E-state index is 13.1. The third-order valence-electron chi connectivity index (χ3n) is 4.08. The molecule has 0 amide bonds. The molecule has 2 rings (SSSR count). The Balaban J connectivity index is 2.04. The summed E-state index contributed by atoms with van der Waals surface area (Å²) in [5.74, 6) is 1.39. The molecule has 5 heteroatoms. The van der Waals surface area contributed by atoms with Crippen LogP contribution < -0.4 is 10.6 Å². The minimum atomic E-state index is -0.206. The van der Waals surface area contributed by atoms with Gasteiger partial charge in [-0.15, -0.1) is 0 Å². The van der Waals surface area contributed by atoms with Crippen molar-refractivity contribution in [2.45, 2.75) is 32.4 Å². The number of hydrogen-bond acceptors (Lipinski definition) is 2. The van der Waals surface area contributed by atoms with Gasteiger partial charge in [0.1, 0.15) is 5.82 Å². The Morgan fingerprint density at radius 1 is 1.36 bits per heavy atom. The first-order valence-electron chi connectivity index (χ1n) is 7.98. The molecule has 1 aromatic rings. The number of rotatable bonds is 6. The minimum Gasteiger partial charge on any atom is -0.357 e. The standard InChI is InChI=1S/C17H27FN4/c1-5-19-17(21-15-10-12(15)2)20-11-16(22(3)4)13-6-8-14(18)9-7-13/h6-9,12,15-16H,5,10-11H2,1-4H3,(H2,19,20,21). The molecule has 1 fully saturated rings. The Morgan fingerprint density at radius 2 is 2.00 bits per heavy atom. The van der Waals surface area contributed by atoms with E-state index in [0.29, 0.717) is 12.6 Å². The topological polar surface area (TPSA) is 39.7 Å². The lowest BCUT2D eigenvalue weighted by Gasteiger charge is -2.23. The van der Waals surface area contributed by atoms with E-state index in [1.807, 2.05) is 26.2 Å². The monoisotopic (exact) mass is 306 g/mol. The van der Waals surface area contributed by atoms with Crippen molar-refractivity contribution in [3.63, 3.8) is 0 Å². The van der Waals surface area contributed by atoms with Crippen LogP contribution in [-0.2, 0) is 0 Å². The molecule has 1 aromatic carbocycles. The summed E-state index contributed by atoms with van der Waals surface area (Å²) in [5.41, 5.74) is 1.07. The van der Waals surface area contributed by atoms with Gasteiger partial charge < -0.3 is 15.5 Å². The Hall–Kier alpha value is -1.62. The van der Waals surface area contributed by atoms with E-state index < -0.39 is 0 Å². The van der Waals surface area contributed by atoms with Crippen molar-refractivity contribution < 1.29 is 4.39 Å². The predicted molar refractivity (Wildman–Crippen MR) is 89.5 cm³/mol. The summed E-state index contributed by atoms with van der Waals surface area (Å²) < 4.78 is 13.1. The average Bonchev–Trinajstić information content (AvgIpc) is 3.16. The van der Waals surface area contributed by atoms with Gasteiger partial charge in [0.25, 0.3) is 0 Å². The van der Waals surface area contributed by atoms with Gasteiger partial charge in [-0.2, -0.15) is 0 Å². The lowest BCUT2D eigenvalue weighted by atomic mass is 10.1. The number of guanidine groups is 1. The fourth-order valence-electron chi connectivity index (χ4n) is 2.45. The molecule has 3 unspecified atom stereocenters. The van der Waals surface area contributed by atoms with E-state index in [1.54, 1.807) is 0 Å². The van der Waals surface area contributed by atoms with Crippen molar-refractivity contribution >= 4 is 5.96 Å².